The van der Waals surface area contributed by atoms with Crippen molar-refractivity contribution in [3.63, 3.8) is 0 Å². The highest BCUT2D eigenvalue weighted by Crippen LogP contribution is 2.33. The van der Waals surface area contributed by atoms with Crippen molar-refractivity contribution in [2.45, 2.75) is 19.6 Å². The number of rotatable bonds is 5. The minimum atomic E-state index is -2.62. The maximum atomic E-state index is 13.5. The van der Waals surface area contributed by atoms with E-state index < -0.39 is 6.55 Å². The number of hydrogen-bond donors (Lipinski definition) is 0. The van der Waals surface area contributed by atoms with Gasteiger partial charge in [-0.15, -0.1) is 0 Å². The quantitative estimate of drug-likeness (QED) is 0.705. The smallest absolute Gasteiger partial charge is 0.320 e. The molecule has 0 amide bonds. The van der Waals surface area contributed by atoms with E-state index in [1.807, 2.05) is 30.1 Å². The first-order valence-corrected chi connectivity index (χ1v) is 7.93. The van der Waals surface area contributed by atoms with Crippen LogP contribution in [0.2, 0.25) is 0 Å². The van der Waals surface area contributed by atoms with E-state index in [4.69, 9.17) is 9.47 Å². The number of para-hydroxylation sites is 2. The standard InChI is InChI=1S/C18H17F2N3O2/c1-22(9-12-6-7-15-16(8-12)25-11-24-15)10-17-21-13-4-2-3-5-14(13)23(17)18(19)20/h2-8,18H,9-11H2,1H3. The molecular weight excluding hydrogens is 328 g/mol. The van der Waals surface area contributed by atoms with Gasteiger partial charge in [-0.1, -0.05) is 18.2 Å². The molecule has 25 heavy (non-hydrogen) atoms. The van der Waals surface area contributed by atoms with Gasteiger partial charge in [-0.2, -0.15) is 8.78 Å². The second-order valence-corrected chi connectivity index (χ2v) is 6.02. The minimum absolute atomic E-state index is 0.229. The second-order valence-electron chi connectivity index (χ2n) is 6.02. The number of benzene rings is 2. The fourth-order valence-corrected chi connectivity index (χ4v) is 3.07. The van der Waals surface area contributed by atoms with Gasteiger partial charge in [-0.3, -0.25) is 9.47 Å². The Morgan fingerprint density at radius 1 is 1.12 bits per heavy atom. The Morgan fingerprint density at radius 2 is 1.92 bits per heavy atom. The molecule has 0 aliphatic carbocycles. The van der Waals surface area contributed by atoms with Crippen molar-refractivity contribution in [3.05, 3.63) is 53.9 Å². The molecule has 0 spiro atoms. The largest absolute Gasteiger partial charge is 0.454 e. The van der Waals surface area contributed by atoms with Gasteiger partial charge in [0.15, 0.2) is 11.5 Å². The molecule has 130 valence electrons. The fourth-order valence-electron chi connectivity index (χ4n) is 3.07. The van der Waals surface area contributed by atoms with Crippen molar-refractivity contribution < 1.29 is 18.3 Å². The monoisotopic (exact) mass is 345 g/mol. The molecule has 0 fully saturated rings. The average molecular weight is 345 g/mol. The lowest BCUT2D eigenvalue weighted by Gasteiger charge is -2.17. The number of aromatic nitrogens is 2. The lowest BCUT2D eigenvalue weighted by molar-refractivity contribution is 0.0689. The number of ether oxygens (including phenoxy) is 2. The molecule has 1 aliphatic rings. The van der Waals surface area contributed by atoms with Crippen LogP contribution < -0.4 is 9.47 Å². The summed E-state index contributed by atoms with van der Waals surface area (Å²) in [5, 5.41) is 0. The van der Waals surface area contributed by atoms with Crippen molar-refractivity contribution in [3.8, 4) is 11.5 Å². The van der Waals surface area contributed by atoms with Crippen LogP contribution in [0.5, 0.6) is 11.5 Å². The Kier molecular flexibility index (Phi) is 4.01. The maximum absolute atomic E-state index is 13.5. The molecule has 0 saturated heterocycles. The fraction of sp³-hybridized carbons (Fsp3) is 0.278. The van der Waals surface area contributed by atoms with Crippen molar-refractivity contribution in [1.29, 1.82) is 0 Å². The zero-order valence-corrected chi connectivity index (χ0v) is 13.7. The molecule has 1 aliphatic heterocycles. The van der Waals surface area contributed by atoms with Crippen LogP contribution in [-0.4, -0.2) is 28.3 Å². The van der Waals surface area contributed by atoms with E-state index in [0.29, 0.717) is 35.7 Å². The van der Waals surface area contributed by atoms with Gasteiger partial charge in [0.1, 0.15) is 5.82 Å². The van der Waals surface area contributed by atoms with Crippen molar-refractivity contribution >= 4 is 11.0 Å². The normalized spacial score (nSPS) is 13.3. The van der Waals surface area contributed by atoms with Gasteiger partial charge in [-0.25, -0.2) is 4.98 Å². The molecule has 4 rings (SSSR count). The Morgan fingerprint density at radius 3 is 2.76 bits per heavy atom. The number of halogens is 2. The summed E-state index contributed by atoms with van der Waals surface area (Å²) in [6.07, 6.45) is 0. The minimum Gasteiger partial charge on any atom is -0.454 e. The molecule has 7 heteroatoms. The zero-order chi connectivity index (χ0) is 17.4. The summed E-state index contributed by atoms with van der Waals surface area (Å²) in [7, 11) is 1.87. The highest BCUT2D eigenvalue weighted by atomic mass is 19.3. The number of imidazole rings is 1. The maximum Gasteiger partial charge on any atom is 0.320 e. The van der Waals surface area contributed by atoms with Crippen LogP contribution in [0.15, 0.2) is 42.5 Å². The lowest BCUT2D eigenvalue weighted by atomic mass is 10.2. The van der Waals surface area contributed by atoms with Crippen LogP contribution in [0.25, 0.3) is 11.0 Å². The summed E-state index contributed by atoms with van der Waals surface area (Å²) < 4.78 is 38.6. The summed E-state index contributed by atoms with van der Waals surface area (Å²) >= 11 is 0. The van der Waals surface area contributed by atoms with Crippen LogP contribution >= 0.6 is 0 Å². The first-order chi connectivity index (χ1) is 12.1. The first kappa shape index (κ1) is 15.8. The van der Waals surface area contributed by atoms with Crippen molar-refractivity contribution in [1.82, 2.24) is 14.5 Å². The van der Waals surface area contributed by atoms with Gasteiger partial charge in [0.2, 0.25) is 6.79 Å². The molecule has 0 unspecified atom stereocenters. The zero-order valence-electron chi connectivity index (χ0n) is 13.7. The van der Waals surface area contributed by atoms with E-state index in [1.165, 1.54) is 0 Å². The third-order valence-electron chi connectivity index (χ3n) is 4.16. The van der Waals surface area contributed by atoms with Gasteiger partial charge in [0.25, 0.3) is 0 Å². The highest BCUT2D eigenvalue weighted by Gasteiger charge is 2.19. The molecule has 0 bridgehead atoms. The van der Waals surface area contributed by atoms with E-state index >= 15 is 0 Å². The summed E-state index contributed by atoms with van der Waals surface area (Å²) in [5.41, 5.74) is 2.05. The second kappa shape index (κ2) is 6.33. The molecule has 3 aromatic rings. The van der Waals surface area contributed by atoms with E-state index in [-0.39, 0.29) is 6.79 Å². The van der Waals surface area contributed by atoms with Crippen molar-refractivity contribution in [2.24, 2.45) is 0 Å². The summed E-state index contributed by atoms with van der Waals surface area (Å²) in [6.45, 7) is -1.50. The topological polar surface area (TPSA) is 39.5 Å². The van der Waals surface area contributed by atoms with Crippen molar-refractivity contribution in [2.75, 3.05) is 13.8 Å². The molecular formula is C18H17F2N3O2. The molecule has 5 nitrogen and oxygen atoms in total. The van der Waals surface area contributed by atoms with Crippen LogP contribution in [0, 0.1) is 0 Å². The van der Waals surface area contributed by atoms with Gasteiger partial charge in [0, 0.05) is 6.54 Å². The summed E-state index contributed by atoms with van der Waals surface area (Å²) in [4.78, 5) is 6.31. The number of fused-ring (bicyclic) bond motifs is 2. The van der Waals surface area contributed by atoms with Gasteiger partial charge < -0.3 is 9.47 Å². The predicted octanol–water partition coefficient (Wildman–Crippen LogP) is 3.79. The van der Waals surface area contributed by atoms with Gasteiger partial charge >= 0.3 is 6.55 Å². The Balaban J connectivity index is 1.55. The molecule has 0 N–H and O–H groups in total. The molecule has 2 aromatic carbocycles. The Bertz CT molecular complexity index is 910. The third-order valence-corrected chi connectivity index (χ3v) is 4.16. The number of nitrogens with zero attached hydrogens (tertiary/aromatic N) is 3. The molecule has 0 saturated carbocycles. The molecule has 0 atom stereocenters. The molecule has 2 heterocycles. The summed E-state index contributed by atoms with van der Waals surface area (Å²) in [5.74, 6) is 1.79. The van der Waals surface area contributed by atoms with E-state index in [0.717, 1.165) is 15.9 Å². The van der Waals surface area contributed by atoms with Crippen LogP contribution in [-0.2, 0) is 13.1 Å². The predicted molar refractivity (Wildman–Crippen MR) is 88.7 cm³/mol. The average Bonchev–Trinajstić information content (AvgIpc) is 3.17. The van der Waals surface area contributed by atoms with Gasteiger partial charge in [-0.05, 0) is 36.9 Å². The Labute approximate surface area is 143 Å². The molecule has 1 aromatic heterocycles. The van der Waals surface area contributed by atoms with Crippen LogP contribution in [0.4, 0.5) is 8.78 Å². The highest BCUT2D eigenvalue weighted by molar-refractivity contribution is 5.75. The SMILES string of the molecule is CN(Cc1ccc2c(c1)OCO2)Cc1nc2ccccc2n1C(F)F. The number of alkyl halides is 2. The van der Waals surface area contributed by atoms with Crippen LogP contribution in [0.1, 0.15) is 17.9 Å². The lowest BCUT2D eigenvalue weighted by Crippen LogP contribution is -2.20. The van der Waals surface area contributed by atoms with E-state index in [1.54, 1.807) is 24.3 Å². The molecule has 0 radical (unpaired) electrons. The Hall–Kier alpha value is -2.67. The first-order valence-electron chi connectivity index (χ1n) is 7.93. The van der Waals surface area contributed by atoms with Gasteiger partial charge in [0.05, 0.1) is 17.6 Å². The third kappa shape index (κ3) is 3.02. The van der Waals surface area contributed by atoms with E-state index in [2.05, 4.69) is 4.98 Å². The number of hydrogen-bond acceptors (Lipinski definition) is 4. The van der Waals surface area contributed by atoms with E-state index in [9.17, 15) is 8.78 Å². The van der Waals surface area contributed by atoms with Crippen LogP contribution in [0.3, 0.4) is 0 Å². The summed E-state index contributed by atoms with van der Waals surface area (Å²) in [6, 6.07) is 12.7.